The molecule has 0 N–H and O–H groups in total. The Morgan fingerprint density at radius 1 is 1.14 bits per heavy atom. The molecule has 0 aromatic heterocycles. The molecule has 7 heteroatoms. The maximum absolute atomic E-state index is 6.06. The molecule has 0 spiro atoms. The fraction of sp³-hybridized carbons (Fsp3) is 0.714. The summed E-state index contributed by atoms with van der Waals surface area (Å²) in [4.78, 5) is 0. The first kappa shape index (κ1) is 15.8. The van der Waals surface area contributed by atoms with Crippen molar-refractivity contribution in [3.8, 4) is 0 Å². The van der Waals surface area contributed by atoms with E-state index in [-0.39, 0.29) is 0 Å². The molecule has 0 aromatic carbocycles. The molecule has 0 unspecified atom stereocenters. The molecule has 1 nitrogen and oxygen atoms in total. The van der Waals surface area contributed by atoms with Crippen LogP contribution in [0.25, 0.3) is 0 Å². The van der Waals surface area contributed by atoms with Gasteiger partial charge in [-0.2, -0.15) is 0 Å². The minimum absolute atomic E-state index is 0.333. The first-order valence-corrected chi connectivity index (χ1v) is 21.2. The van der Waals surface area contributed by atoms with E-state index in [4.69, 9.17) is 46.4 Å². The van der Waals surface area contributed by atoms with Gasteiger partial charge in [0.2, 0.25) is 0 Å². The van der Waals surface area contributed by atoms with E-state index >= 15 is 0 Å². The van der Waals surface area contributed by atoms with Gasteiger partial charge in [-0.1, -0.05) is 0 Å². The van der Waals surface area contributed by atoms with E-state index in [1.54, 1.807) is 0 Å². The van der Waals surface area contributed by atoms with Crippen molar-refractivity contribution in [2.45, 2.75) is 24.2 Å². The molecule has 0 aliphatic carbocycles. The molecule has 0 radical (unpaired) electrons. The number of hydrogen-bond acceptors (Lipinski definition) is 1. The summed E-state index contributed by atoms with van der Waals surface area (Å²) < 4.78 is 6.09. The van der Waals surface area contributed by atoms with Gasteiger partial charge < -0.3 is 0 Å². The van der Waals surface area contributed by atoms with Crippen LogP contribution >= 0.6 is 41.6 Å². The molecule has 84 valence electrons. The van der Waals surface area contributed by atoms with Crippen molar-refractivity contribution < 1.29 is 4.74 Å². The Hall–Kier alpha value is 1.79. The number of rotatable bonds is 4. The van der Waals surface area contributed by atoms with Crippen molar-refractivity contribution in [1.82, 2.24) is 0 Å². The van der Waals surface area contributed by atoms with Crippen LogP contribution in [0.1, 0.15) is 6.92 Å². The second-order valence-electron chi connectivity index (χ2n) is 3.83. The van der Waals surface area contributed by atoms with E-state index in [1.807, 2.05) is 6.92 Å². The van der Waals surface area contributed by atoms with E-state index in [1.165, 1.54) is 0 Å². The van der Waals surface area contributed by atoms with Gasteiger partial charge in [0.05, 0.1) is 0 Å². The summed E-state index contributed by atoms with van der Waals surface area (Å²) in [6.45, 7) is 2.37. The Morgan fingerprint density at radius 3 is 1.79 bits per heavy atom. The fourth-order valence-electron chi connectivity index (χ4n) is 1.03. The predicted octanol–water partition coefficient (Wildman–Crippen LogP) is 4.55. The second-order valence-corrected chi connectivity index (χ2v) is 31.9. The molecule has 0 aromatic rings. The fourth-order valence-corrected chi connectivity index (χ4v) is 41.5. The van der Waals surface area contributed by atoms with Gasteiger partial charge in [-0.05, 0) is 0 Å². The molecular weight excluding hydrogens is 387 g/mol. The van der Waals surface area contributed by atoms with Crippen LogP contribution in [-0.4, -0.2) is 30.4 Å². The Kier molecular flexibility index (Phi) is 6.68. The summed E-state index contributed by atoms with van der Waals surface area (Å²) in [5.41, 5.74) is 0. The molecule has 0 atom stereocenters. The third-order valence-electron chi connectivity index (χ3n) is 1.50. The van der Waals surface area contributed by atoms with Gasteiger partial charge in [0.15, 0.2) is 0 Å². The van der Waals surface area contributed by atoms with E-state index < -0.39 is 23.7 Å². The Balaban J connectivity index is 5.22. The first-order valence-electron chi connectivity index (χ1n) is 4.21. The summed E-state index contributed by atoms with van der Waals surface area (Å²) in [5, 5.41) is 0.333. The standard InChI is InChI=1S/C7H14Cl4Ge2O/c1-5-14-6(8)7(12(2,3)4)13(9,10)11/h5H2,1-4H3/b7-6-. The normalized spacial score (nSPS) is 15.1. The van der Waals surface area contributed by atoms with Crippen molar-refractivity contribution in [1.29, 1.82) is 0 Å². The third-order valence-corrected chi connectivity index (χ3v) is 28.1. The van der Waals surface area contributed by atoms with Crippen molar-refractivity contribution in [3.63, 3.8) is 0 Å². The van der Waals surface area contributed by atoms with Gasteiger partial charge in [0.25, 0.3) is 0 Å². The monoisotopic (exact) mass is 402 g/mol. The SMILES string of the molecule is CCO/C(Cl)=[C](/[Ge]([CH3])([CH3])[CH3])[Ge]([Cl])([Cl])[Cl]. The zero-order valence-corrected chi connectivity index (χ0v) is 15.8. The molecule has 0 saturated heterocycles. The molecule has 0 aliphatic rings. The average molecular weight is 401 g/mol. The summed E-state index contributed by atoms with van der Waals surface area (Å²) >= 11 is 3.80. The van der Waals surface area contributed by atoms with E-state index in [2.05, 4.69) is 17.3 Å². The molecule has 0 aliphatic heterocycles. The molecular formula is C7H14Cl4Ge2O. The number of halogens is 4. The maximum atomic E-state index is 6.06. The molecule has 14 heavy (non-hydrogen) atoms. The van der Waals surface area contributed by atoms with Crippen LogP contribution in [0, 0.1) is 0 Å². The summed E-state index contributed by atoms with van der Waals surface area (Å²) in [7, 11) is 14.8. The molecule has 0 saturated carbocycles. The van der Waals surface area contributed by atoms with Gasteiger partial charge in [-0.15, -0.1) is 0 Å². The molecule has 0 bridgehead atoms. The van der Waals surface area contributed by atoms with Crippen LogP contribution in [0.15, 0.2) is 8.46 Å². The Morgan fingerprint density at radius 2 is 1.57 bits per heavy atom. The zero-order valence-electron chi connectivity index (χ0n) is 8.63. The van der Waals surface area contributed by atoms with Crippen LogP contribution < -0.4 is 0 Å². The van der Waals surface area contributed by atoms with E-state index in [0.29, 0.717) is 11.8 Å². The van der Waals surface area contributed by atoms with Crippen LogP contribution in [0.5, 0.6) is 0 Å². The summed E-state index contributed by atoms with van der Waals surface area (Å²) in [5.74, 6) is 6.43. The molecule has 0 amide bonds. The quantitative estimate of drug-likeness (QED) is 0.497. The first-order chi connectivity index (χ1) is 6.10. The second kappa shape index (κ2) is 5.92. The minimum atomic E-state index is -3.41. The van der Waals surface area contributed by atoms with Crippen molar-refractivity contribution in [3.05, 3.63) is 8.46 Å². The van der Waals surface area contributed by atoms with Gasteiger partial charge in [-0.25, -0.2) is 0 Å². The van der Waals surface area contributed by atoms with E-state index in [9.17, 15) is 0 Å². The van der Waals surface area contributed by atoms with Crippen LogP contribution in [-0.2, 0) is 4.74 Å². The molecule has 0 heterocycles. The van der Waals surface area contributed by atoms with Crippen molar-refractivity contribution >= 4 is 65.4 Å². The molecule has 0 fully saturated rings. The summed E-state index contributed by atoms with van der Waals surface area (Å²) in [6, 6.07) is 0. The number of ether oxygens (including phenoxy) is 1. The zero-order chi connectivity index (χ0) is 11.6. The Labute approximate surface area is 108 Å². The Bertz CT molecular complexity index is 213. The number of hydrogen-bond donors (Lipinski definition) is 0. The summed E-state index contributed by atoms with van der Waals surface area (Å²) in [6.07, 6.45) is 0. The van der Waals surface area contributed by atoms with Crippen molar-refractivity contribution in [2.75, 3.05) is 6.61 Å². The molecule has 0 rings (SSSR count). The van der Waals surface area contributed by atoms with Crippen molar-refractivity contribution in [2.24, 2.45) is 0 Å². The van der Waals surface area contributed by atoms with Gasteiger partial charge in [0, 0.05) is 0 Å². The van der Waals surface area contributed by atoms with Gasteiger partial charge in [-0.3, -0.25) is 0 Å². The van der Waals surface area contributed by atoms with Gasteiger partial charge >= 0.3 is 109 Å². The van der Waals surface area contributed by atoms with Gasteiger partial charge in [0.1, 0.15) is 0 Å². The van der Waals surface area contributed by atoms with E-state index in [0.717, 1.165) is 3.24 Å². The van der Waals surface area contributed by atoms with Crippen LogP contribution in [0.3, 0.4) is 0 Å². The third kappa shape index (κ3) is 5.22. The van der Waals surface area contributed by atoms with Crippen LogP contribution in [0.2, 0.25) is 17.3 Å². The predicted molar refractivity (Wildman–Crippen MR) is 71.2 cm³/mol. The topological polar surface area (TPSA) is 9.23 Å². The van der Waals surface area contributed by atoms with Crippen LogP contribution in [0.4, 0.5) is 0 Å². The average Bonchev–Trinajstić information content (AvgIpc) is 1.78.